The molecule has 0 fully saturated rings. The molecule has 1 atom stereocenters. The highest BCUT2D eigenvalue weighted by Crippen LogP contribution is 2.27. The van der Waals surface area contributed by atoms with E-state index in [1.807, 2.05) is 6.92 Å². The van der Waals surface area contributed by atoms with E-state index in [1.165, 1.54) is 0 Å². The van der Waals surface area contributed by atoms with Gasteiger partial charge in [-0.3, -0.25) is 0 Å². The van der Waals surface area contributed by atoms with Gasteiger partial charge < -0.3 is 9.15 Å². The first kappa shape index (κ1) is 7.42. The molecule has 1 unspecified atom stereocenters. The van der Waals surface area contributed by atoms with E-state index in [9.17, 15) is 0 Å². The smallest absolute Gasteiger partial charge is 0.304 e. The molecule has 5 heteroatoms. The number of nitrogens with zero attached hydrogens (tertiary/aromatic N) is 2. The third-order valence-corrected chi connectivity index (χ3v) is 1.80. The maximum absolute atomic E-state index is 5.12. The Balaban J connectivity index is 2.28. The minimum Gasteiger partial charge on any atom is -0.469 e. The second kappa shape index (κ2) is 2.67. The van der Waals surface area contributed by atoms with E-state index >= 15 is 0 Å². The van der Waals surface area contributed by atoms with Crippen LogP contribution in [0.3, 0.4) is 0 Å². The highest BCUT2D eigenvalue weighted by molar-refractivity contribution is 7.80. The van der Waals surface area contributed by atoms with Crippen molar-refractivity contribution in [2.24, 2.45) is 10.2 Å². The average Bonchev–Trinajstić information content (AvgIpc) is 2.58. The third-order valence-electron chi connectivity index (χ3n) is 1.62. The summed E-state index contributed by atoms with van der Waals surface area (Å²) < 4.78 is 10.2. The van der Waals surface area contributed by atoms with Crippen molar-refractivity contribution in [2.75, 3.05) is 0 Å². The first-order chi connectivity index (χ1) is 5.77. The number of hydrogen-bond acceptors (Lipinski definition) is 4. The van der Waals surface area contributed by atoms with Crippen LogP contribution in [-0.2, 0) is 4.74 Å². The molecule has 0 radical (unpaired) electrons. The van der Waals surface area contributed by atoms with Gasteiger partial charge in [0, 0.05) is 0 Å². The van der Waals surface area contributed by atoms with Crippen LogP contribution >= 0.6 is 12.2 Å². The molecule has 1 aliphatic heterocycles. The van der Waals surface area contributed by atoms with Gasteiger partial charge in [0.25, 0.3) is 0 Å². The van der Waals surface area contributed by atoms with Gasteiger partial charge in [-0.1, -0.05) is 0 Å². The van der Waals surface area contributed by atoms with E-state index in [2.05, 4.69) is 10.2 Å². The Morgan fingerprint density at radius 3 is 2.92 bits per heavy atom. The maximum atomic E-state index is 5.12. The van der Waals surface area contributed by atoms with Crippen LogP contribution in [0.4, 0.5) is 0 Å². The molecule has 0 saturated heterocycles. The number of azo groups is 1. The summed E-state index contributed by atoms with van der Waals surface area (Å²) in [5.41, 5.74) is 0.874. The summed E-state index contributed by atoms with van der Waals surface area (Å²) in [6, 6.07) is 1.80. The lowest BCUT2D eigenvalue weighted by molar-refractivity contribution is 0.224. The molecule has 4 nitrogen and oxygen atoms in total. The molecule has 0 N–H and O–H groups in total. The van der Waals surface area contributed by atoms with Gasteiger partial charge in [0.05, 0.1) is 11.8 Å². The van der Waals surface area contributed by atoms with E-state index in [0.717, 1.165) is 11.3 Å². The van der Waals surface area contributed by atoms with Crippen molar-refractivity contribution in [3.8, 4) is 0 Å². The third kappa shape index (κ3) is 1.12. The van der Waals surface area contributed by atoms with Crippen molar-refractivity contribution in [3.63, 3.8) is 0 Å². The quantitative estimate of drug-likeness (QED) is 0.626. The zero-order valence-electron chi connectivity index (χ0n) is 6.35. The van der Waals surface area contributed by atoms with Gasteiger partial charge in [-0.2, -0.15) is 0 Å². The van der Waals surface area contributed by atoms with Crippen LogP contribution in [0.1, 0.15) is 17.6 Å². The Morgan fingerprint density at radius 1 is 1.58 bits per heavy atom. The topological polar surface area (TPSA) is 47.1 Å². The number of rotatable bonds is 1. The van der Waals surface area contributed by atoms with Gasteiger partial charge in [-0.05, 0) is 25.2 Å². The fourth-order valence-electron chi connectivity index (χ4n) is 1.02. The predicted molar refractivity (Wildman–Crippen MR) is 44.7 cm³/mol. The van der Waals surface area contributed by atoms with Crippen molar-refractivity contribution < 1.29 is 9.15 Å². The summed E-state index contributed by atoms with van der Waals surface area (Å²) in [6.07, 6.45) is 1.18. The van der Waals surface area contributed by atoms with Crippen LogP contribution in [0.5, 0.6) is 0 Å². The zero-order chi connectivity index (χ0) is 8.55. The van der Waals surface area contributed by atoms with E-state index in [0.29, 0.717) is 0 Å². The number of furan rings is 1. The molecular formula is C7H6N2O2S. The molecule has 0 aromatic carbocycles. The van der Waals surface area contributed by atoms with Gasteiger partial charge >= 0.3 is 5.17 Å². The lowest BCUT2D eigenvalue weighted by atomic mass is 10.2. The largest absolute Gasteiger partial charge is 0.469 e. The highest BCUT2D eigenvalue weighted by Gasteiger charge is 2.22. The van der Waals surface area contributed by atoms with E-state index in [1.54, 1.807) is 12.3 Å². The van der Waals surface area contributed by atoms with Crippen molar-refractivity contribution in [1.82, 2.24) is 0 Å². The molecule has 1 aliphatic rings. The molecule has 1 aromatic rings. The molecule has 0 spiro atoms. The minimum absolute atomic E-state index is 0.181. The Hall–Kier alpha value is -1.23. The van der Waals surface area contributed by atoms with Gasteiger partial charge in [-0.25, -0.2) is 0 Å². The minimum atomic E-state index is -0.406. The number of aryl methyl sites for hydroxylation is 1. The predicted octanol–water partition coefficient (Wildman–Crippen LogP) is 2.35. The monoisotopic (exact) mass is 182 g/mol. The summed E-state index contributed by atoms with van der Waals surface area (Å²) in [4.78, 5) is 0. The Bertz CT molecular complexity index is 345. The molecule has 0 saturated carbocycles. The van der Waals surface area contributed by atoms with E-state index in [-0.39, 0.29) is 5.17 Å². The number of thiocarbonyl (C=S) groups is 1. The molecular weight excluding hydrogens is 176 g/mol. The van der Waals surface area contributed by atoms with Crippen molar-refractivity contribution in [3.05, 3.63) is 23.7 Å². The van der Waals surface area contributed by atoms with Gasteiger partial charge in [-0.15, -0.1) is 10.2 Å². The van der Waals surface area contributed by atoms with Crippen LogP contribution in [0.25, 0.3) is 0 Å². The Labute approximate surface area is 74.2 Å². The first-order valence-electron chi connectivity index (χ1n) is 3.43. The van der Waals surface area contributed by atoms with Gasteiger partial charge in [0.15, 0.2) is 0 Å². The van der Waals surface area contributed by atoms with Crippen LogP contribution in [0.2, 0.25) is 0 Å². The molecule has 0 bridgehead atoms. The summed E-state index contributed by atoms with van der Waals surface area (Å²) in [6.45, 7) is 1.84. The Kier molecular flexibility index (Phi) is 1.65. The molecule has 12 heavy (non-hydrogen) atoms. The molecule has 0 amide bonds. The van der Waals surface area contributed by atoms with Crippen LogP contribution in [0.15, 0.2) is 27.0 Å². The van der Waals surface area contributed by atoms with Crippen LogP contribution < -0.4 is 0 Å². The zero-order valence-corrected chi connectivity index (χ0v) is 7.17. The molecule has 0 aliphatic carbocycles. The second-order valence-electron chi connectivity index (χ2n) is 2.38. The standard InChI is InChI=1S/C7H6N2O2S/c1-4-5(2-3-10-4)6-8-9-7(12)11-6/h2-3,6H,1H3. The van der Waals surface area contributed by atoms with E-state index in [4.69, 9.17) is 21.4 Å². The summed E-state index contributed by atoms with van der Waals surface area (Å²) in [7, 11) is 0. The SMILES string of the molecule is Cc1occc1C1N=NC(=S)O1. The molecule has 2 rings (SSSR count). The fraction of sp³-hybridized carbons (Fsp3) is 0.286. The molecule has 62 valence electrons. The second-order valence-corrected chi connectivity index (χ2v) is 2.73. The van der Waals surface area contributed by atoms with Crippen LogP contribution in [-0.4, -0.2) is 5.17 Å². The fourth-order valence-corrected chi connectivity index (χ4v) is 1.16. The van der Waals surface area contributed by atoms with Crippen LogP contribution in [0, 0.1) is 6.92 Å². The average molecular weight is 182 g/mol. The van der Waals surface area contributed by atoms with Gasteiger partial charge in [0.1, 0.15) is 5.76 Å². The maximum Gasteiger partial charge on any atom is 0.304 e. The highest BCUT2D eigenvalue weighted by atomic mass is 32.1. The summed E-state index contributed by atoms with van der Waals surface area (Å²) >= 11 is 4.70. The van der Waals surface area contributed by atoms with Crippen molar-refractivity contribution in [1.29, 1.82) is 0 Å². The summed E-state index contributed by atoms with van der Waals surface area (Å²) in [5.74, 6) is 0.781. The number of hydrogen-bond donors (Lipinski definition) is 0. The van der Waals surface area contributed by atoms with Gasteiger partial charge in [0.2, 0.25) is 6.23 Å². The van der Waals surface area contributed by atoms with Crippen molar-refractivity contribution >= 4 is 17.4 Å². The molecule has 2 heterocycles. The first-order valence-corrected chi connectivity index (χ1v) is 3.83. The lowest BCUT2D eigenvalue weighted by Gasteiger charge is -2.02. The van der Waals surface area contributed by atoms with E-state index < -0.39 is 6.23 Å². The summed E-state index contributed by atoms with van der Waals surface area (Å²) in [5, 5.41) is 7.61. The molecule has 1 aromatic heterocycles. The normalized spacial score (nSPS) is 21.4. The van der Waals surface area contributed by atoms with Crippen molar-refractivity contribution in [2.45, 2.75) is 13.2 Å². The number of ether oxygens (including phenoxy) is 1. The Morgan fingerprint density at radius 2 is 2.42 bits per heavy atom. The lowest BCUT2D eigenvalue weighted by Crippen LogP contribution is -1.97.